The second kappa shape index (κ2) is 6.25. The fourth-order valence-corrected chi connectivity index (χ4v) is 4.21. The minimum Gasteiger partial charge on any atom is -0.372 e. The quantitative estimate of drug-likeness (QED) is 0.820. The third-order valence-electron chi connectivity index (χ3n) is 5.73. The van der Waals surface area contributed by atoms with E-state index in [9.17, 15) is 4.79 Å². The molecular weight excluding hydrogens is 354 g/mol. The van der Waals surface area contributed by atoms with Gasteiger partial charge in [-0.3, -0.25) is 9.78 Å². The van der Waals surface area contributed by atoms with Crippen LogP contribution in [0.5, 0.6) is 0 Å². The number of morpholine rings is 1. The van der Waals surface area contributed by atoms with Crippen LogP contribution in [-0.4, -0.2) is 64.0 Å². The number of likely N-dealkylation sites (tertiary alicyclic amines) is 1. The van der Waals surface area contributed by atoms with Gasteiger partial charge in [-0.2, -0.15) is 5.10 Å². The van der Waals surface area contributed by atoms with Gasteiger partial charge in [0.1, 0.15) is 0 Å². The van der Waals surface area contributed by atoms with Crippen LogP contribution in [0.2, 0.25) is 5.02 Å². The van der Waals surface area contributed by atoms with Crippen LogP contribution in [0.4, 0.5) is 5.69 Å². The predicted octanol–water partition coefficient (Wildman–Crippen LogP) is 1.75. The SMILES string of the molecule is O=C(C1CCN(c2cnccc2-n2cc(Cl)cn2)CC1)N1C[C@@H]2OCC21. The first-order valence-electron chi connectivity index (χ1n) is 9.02. The summed E-state index contributed by atoms with van der Waals surface area (Å²) in [4.78, 5) is 21.3. The van der Waals surface area contributed by atoms with E-state index in [2.05, 4.69) is 15.0 Å². The van der Waals surface area contributed by atoms with Gasteiger partial charge in [-0.05, 0) is 18.9 Å². The topological polar surface area (TPSA) is 63.5 Å². The molecule has 3 aliphatic heterocycles. The first-order chi connectivity index (χ1) is 12.7. The second-order valence-corrected chi connectivity index (χ2v) is 7.60. The number of carbonyl (C=O) groups is 1. The molecule has 8 heteroatoms. The summed E-state index contributed by atoms with van der Waals surface area (Å²) in [6.07, 6.45) is 9.06. The Bertz CT molecular complexity index is 832. The molecule has 5 heterocycles. The van der Waals surface area contributed by atoms with Crippen molar-refractivity contribution in [3.63, 3.8) is 0 Å². The maximum atomic E-state index is 12.7. The lowest BCUT2D eigenvalue weighted by Crippen LogP contribution is -2.72. The Morgan fingerprint density at radius 2 is 2.08 bits per heavy atom. The normalized spacial score (nSPS) is 25.4. The first-order valence-corrected chi connectivity index (χ1v) is 9.40. The van der Waals surface area contributed by atoms with E-state index in [1.165, 1.54) is 0 Å². The highest BCUT2D eigenvalue weighted by molar-refractivity contribution is 6.30. The smallest absolute Gasteiger partial charge is 0.226 e. The van der Waals surface area contributed by atoms with Gasteiger partial charge in [0, 0.05) is 37.9 Å². The Morgan fingerprint density at radius 1 is 1.23 bits per heavy atom. The predicted molar refractivity (Wildman–Crippen MR) is 96.5 cm³/mol. The van der Waals surface area contributed by atoms with Crippen LogP contribution in [0.3, 0.4) is 0 Å². The van der Waals surface area contributed by atoms with Crippen molar-refractivity contribution in [3.05, 3.63) is 35.9 Å². The summed E-state index contributed by atoms with van der Waals surface area (Å²) in [6.45, 7) is 3.16. The molecule has 1 unspecified atom stereocenters. The van der Waals surface area contributed by atoms with E-state index in [0.29, 0.717) is 29.7 Å². The summed E-state index contributed by atoms with van der Waals surface area (Å²) in [5.74, 6) is 0.423. The molecule has 2 aromatic heterocycles. The number of nitrogens with zero attached hydrogens (tertiary/aromatic N) is 5. The van der Waals surface area contributed by atoms with Crippen molar-refractivity contribution in [2.75, 3.05) is 31.1 Å². The molecule has 0 N–H and O–H groups in total. The number of rotatable bonds is 3. The van der Waals surface area contributed by atoms with Gasteiger partial charge >= 0.3 is 0 Å². The lowest BCUT2D eigenvalue weighted by molar-refractivity contribution is -0.218. The average molecular weight is 374 g/mol. The monoisotopic (exact) mass is 373 g/mol. The lowest BCUT2D eigenvalue weighted by atomic mass is 9.88. The lowest BCUT2D eigenvalue weighted by Gasteiger charge is -2.55. The minimum absolute atomic E-state index is 0.118. The summed E-state index contributed by atoms with van der Waals surface area (Å²) in [6, 6.07) is 2.28. The molecule has 26 heavy (non-hydrogen) atoms. The van der Waals surface area contributed by atoms with E-state index >= 15 is 0 Å². The summed E-state index contributed by atoms with van der Waals surface area (Å²) >= 11 is 6.01. The Morgan fingerprint density at radius 3 is 2.69 bits per heavy atom. The van der Waals surface area contributed by atoms with Gasteiger partial charge in [-0.1, -0.05) is 11.6 Å². The highest BCUT2D eigenvalue weighted by Gasteiger charge is 2.50. The first kappa shape index (κ1) is 16.1. The number of amides is 1. The summed E-state index contributed by atoms with van der Waals surface area (Å²) in [5, 5.41) is 4.91. The summed E-state index contributed by atoms with van der Waals surface area (Å²) < 4.78 is 7.17. The van der Waals surface area contributed by atoms with Crippen molar-refractivity contribution in [1.82, 2.24) is 19.7 Å². The fourth-order valence-electron chi connectivity index (χ4n) is 4.08. The molecule has 0 saturated carbocycles. The third-order valence-corrected chi connectivity index (χ3v) is 5.93. The van der Waals surface area contributed by atoms with Gasteiger partial charge < -0.3 is 14.5 Å². The van der Waals surface area contributed by atoms with E-state index in [4.69, 9.17) is 16.3 Å². The van der Waals surface area contributed by atoms with Crippen molar-refractivity contribution in [2.45, 2.75) is 25.0 Å². The number of pyridine rings is 1. The number of ether oxygens (including phenoxy) is 1. The van der Waals surface area contributed by atoms with Crippen LogP contribution in [0, 0.1) is 5.92 Å². The molecule has 0 radical (unpaired) electrons. The van der Waals surface area contributed by atoms with Crippen molar-refractivity contribution in [2.24, 2.45) is 5.92 Å². The van der Waals surface area contributed by atoms with Crippen molar-refractivity contribution in [1.29, 1.82) is 0 Å². The van der Waals surface area contributed by atoms with Crippen molar-refractivity contribution >= 4 is 23.2 Å². The molecule has 0 spiro atoms. The number of anilines is 1. The third kappa shape index (κ3) is 2.57. The second-order valence-electron chi connectivity index (χ2n) is 7.16. The molecule has 3 saturated heterocycles. The molecule has 136 valence electrons. The zero-order valence-electron chi connectivity index (χ0n) is 14.3. The fraction of sp³-hybridized carbons (Fsp3) is 0.500. The van der Waals surface area contributed by atoms with Crippen LogP contribution in [0.1, 0.15) is 12.8 Å². The molecule has 2 aromatic rings. The molecule has 2 atom stereocenters. The Kier molecular flexibility index (Phi) is 3.86. The maximum Gasteiger partial charge on any atom is 0.226 e. The number of fused-ring (bicyclic) bond motifs is 1. The van der Waals surface area contributed by atoms with E-state index in [1.54, 1.807) is 23.3 Å². The molecule has 0 bridgehead atoms. The van der Waals surface area contributed by atoms with Crippen molar-refractivity contribution < 1.29 is 9.53 Å². The van der Waals surface area contributed by atoms with E-state index in [1.807, 2.05) is 17.2 Å². The number of piperidine rings is 1. The highest BCUT2D eigenvalue weighted by atomic mass is 35.5. The zero-order valence-corrected chi connectivity index (χ0v) is 15.0. The molecule has 5 rings (SSSR count). The number of halogens is 1. The van der Waals surface area contributed by atoms with Crippen LogP contribution >= 0.6 is 11.6 Å². The van der Waals surface area contributed by atoms with Gasteiger partial charge in [-0.25, -0.2) is 4.68 Å². The number of hydrogen-bond acceptors (Lipinski definition) is 5. The minimum atomic E-state index is 0.118. The number of aromatic nitrogens is 3. The van der Waals surface area contributed by atoms with E-state index < -0.39 is 0 Å². The Labute approximate surface area is 156 Å². The number of carbonyl (C=O) groups excluding carboxylic acids is 1. The van der Waals surface area contributed by atoms with Crippen LogP contribution in [-0.2, 0) is 9.53 Å². The average Bonchev–Trinajstić information content (AvgIpc) is 3.10. The molecule has 0 aromatic carbocycles. The highest BCUT2D eigenvalue weighted by Crippen LogP contribution is 2.34. The largest absolute Gasteiger partial charge is 0.372 e. The van der Waals surface area contributed by atoms with Gasteiger partial charge in [0.05, 0.1) is 47.5 Å². The Balaban J connectivity index is 1.28. The number of hydrogen-bond donors (Lipinski definition) is 0. The van der Waals surface area contributed by atoms with Crippen LogP contribution in [0.15, 0.2) is 30.9 Å². The molecule has 7 nitrogen and oxygen atoms in total. The van der Waals surface area contributed by atoms with E-state index in [0.717, 1.165) is 43.9 Å². The van der Waals surface area contributed by atoms with Gasteiger partial charge in [0.25, 0.3) is 0 Å². The van der Waals surface area contributed by atoms with E-state index in [-0.39, 0.29) is 5.92 Å². The molecule has 0 aliphatic carbocycles. The summed E-state index contributed by atoms with van der Waals surface area (Å²) in [7, 11) is 0. The van der Waals surface area contributed by atoms with Gasteiger partial charge in [-0.15, -0.1) is 0 Å². The molecule has 3 aliphatic rings. The Hall–Kier alpha value is -2.12. The maximum absolute atomic E-state index is 12.7. The van der Waals surface area contributed by atoms with Crippen molar-refractivity contribution in [3.8, 4) is 5.69 Å². The molecular formula is C18H20ClN5O2. The zero-order chi connectivity index (χ0) is 17.7. The standard InChI is InChI=1S/C18H20ClN5O2/c19-13-7-21-24(9-13)14-1-4-20-8-15(14)22-5-2-12(3-6-22)18(25)23-10-17-16(23)11-26-17/h1,4,7-9,12,16-17H,2-3,5-6,10-11H2/t16?,17-/m0/s1. The summed E-state index contributed by atoms with van der Waals surface area (Å²) in [5.41, 5.74) is 1.98. The van der Waals surface area contributed by atoms with Crippen LogP contribution in [0.25, 0.3) is 5.69 Å². The van der Waals surface area contributed by atoms with Crippen LogP contribution < -0.4 is 4.90 Å². The van der Waals surface area contributed by atoms with Gasteiger partial charge in [0.2, 0.25) is 5.91 Å². The molecule has 3 fully saturated rings. The van der Waals surface area contributed by atoms with Gasteiger partial charge in [0.15, 0.2) is 0 Å². The molecule has 1 amide bonds.